The molecular weight excluding hydrogens is 280 g/mol. The van der Waals surface area contributed by atoms with Crippen molar-refractivity contribution < 1.29 is 14.3 Å². The summed E-state index contributed by atoms with van der Waals surface area (Å²) in [7, 11) is 0. The SMILES string of the molecule is CC.CCOC(=O)N1CCC(COCCCCCCCN)C1. The summed E-state index contributed by atoms with van der Waals surface area (Å²) in [6.45, 7) is 10.2. The largest absolute Gasteiger partial charge is 0.450 e. The molecule has 2 N–H and O–H groups in total. The van der Waals surface area contributed by atoms with Crippen molar-refractivity contribution >= 4 is 6.09 Å². The second-order valence-corrected chi connectivity index (χ2v) is 5.43. The molecule has 132 valence electrons. The standard InChI is InChI=1S/C15H30N2O3.C2H6/c1-2-20-15(18)17-10-8-14(12-17)13-19-11-7-5-3-4-6-9-16;1-2/h14H,2-13,16H2,1H3;1-2H3. The molecule has 0 aliphatic carbocycles. The van der Waals surface area contributed by atoms with Crippen LogP contribution in [0.4, 0.5) is 4.79 Å². The van der Waals surface area contributed by atoms with Gasteiger partial charge in [0.1, 0.15) is 0 Å². The number of rotatable bonds is 10. The highest BCUT2D eigenvalue weighted by Crippen LogP contribution is 2.17. The van der Waals surface area contributed by atoms with E-state index in [0.717, 1.165) is 52.1 Å². The zero-order valence-corrected chi connectivity index (χ0v) is 14.8. The number of nitrogens with zero attached hydrogens (tertiary/aromatic N) is 1. The fourth-order valence-electron chi connectivity index (χ4n) is 2.48. The van der Waals surface area contributed by atoms with Crippen molar-refractivity contribution in [3.8, 4) is 0 Å². The van der Waals surface area contributed by atoms with E-state index < -0.39 is 0 Å². The lowest BCUT2D eigenvalue weighted by Gasteiger charge is -2.15. The Morgan fingerprint density at radius 2 is 1.86 bits per heavy atom. The Kier molecular flexibility index (Phi) is 14.5. The topological polar surface area (TPSA) is 64.8 Å². The van der Waals surface area contributed by atoms with Crippen molar-refractivity contribution in [3.05, 3.63) is 0 Å². The highest BCUT2D eigenvalue weighted by molar-refractivity contribution is 5.67. The molecule has 1 fully saturated rings. The quantitative estimate of drug-likeness (QED) is 0.627. The van der Waals surface area contributed by atoms with Gasteiger partial charge in [0.25, 0.3) is 0 Å². The number of ether oxygens (including phenoxy) is 2. The molecule has 1 aliphatic rings. The van der Waals surface area contributed by atoms with Crippen molar-refractivity contribution in [1.82, 2.24) is 4.90 Å². The molecule has 1 heterocycles. The number of carbonyl (C=O) groups excluding carboxylic acids is 1. The van der Waals surface area contributed by atoms with Crippen LogP contribution in [0.5, 0.6) is 0 Å². The Hall–Kier alpha value is -0.810. The average molecular weight is 316 g/mol. The molecule has 5 heteroatoms. The zero-order chi connectivity index (χ0) is 16.6. The summed E-state index contributed by atoms with van der Waals surface area (Å²) in [4.78, 5) is 13.3. The Labute approximate surface area is 136 Å². The third-order valence-electron chi connectivity index (χ3n) is 3.66. The summed E-state index contributed by atoms with van der Waals surface area (Å²) in [5.74, 6) is 0.469. The molecule has 5 nitrogen and oxygen atoms in total. The fraction of sp³-hybridized carbons (Fsp3) is 0.941. The van der Waals surface area contributed by atoms with Crippen LogP contribution >= 0.6 is 0 Å². The third kappa shape index (κ3) is 10.0. The maximum absolute atomic E-state index is 11.5. The summed E-state index contributed by atoms with van der Waals surface area (Å²) in [6.07, 6.45) is 6.80. The summed E-state index contributed by atoms with van der Waals surface area (Å²) in [5, 5.41) is 0. The van der Waals surface area contributed by atoms with Crippen LogP contribution in [0, 0.1) is 5.92 Å². The highest BCUT2D eigenvalue weighted by atomic mass is 16.6. The van der Waals surface area contributed by atoms with Crippen LogP contribution in [-0.4, -0.2) is 50.4 Å². The number of unbranched alkanes of at least 4 members (excludes halogenated alkanes) is 4. The molecule has 0 aromatic rings. The maximum Gasteiger partial charge on any atom is 0.409 e. The van der Waals surface area contributed by atoms with Gasteiger partial charge in [0.2, 0.25) is 0 Å². The van der Waals surface area contributed by atoms with Gasteiger partial charge in [-0.2, -0.15) is 0 Å². The van der Waals surface area contributed by atoms with Crippen LogP contribution < -0.4 is 5.73 Å². The van der Waals surface area contributed by atoms with E-state index in [1.165, 1.54) is 19.3 Å². The van der Waals surface area contributed by atoms with Gasteiger partial charge in [-0.05, 0) is 32.7 Å². The first kappa shape index (κ1) is 21.2. The predicted molar refractivity (Wildman–Crippen MR) is 91.0 cm³/mol. The van der Waals surface area contributed by atoms with Crippen LogP contribution in [0.1, 0.15) is 59.3 Å². The Bertz CT molecular complexity index is 262. The van der Waals surface area contributed by atoms with E-state index >= 15 is 0 Å². The van der Waals surface area contributed by atoms with Crippen LogP contribution in [0.2, 0.25) is 0 Å². The van der Waals surface area contributed by atoms with Crippen molar-refractivity contribution in [2.24, 2.45) is 11.7 Å². The van der Waals surface area contributed by atoms with Crippen LogP contribution in [-0.2, 0) is 9.47 Å². The van der Waals surface area contributed by atoms with Gasteiger partial charge in [0.15, 0.2) is 0 Å². The lowest BCUT2D eigenvalue weighted by atomic mass is 10.1. The molecule has 1 aliphatic heterocycles. The van der Waals surface area contributed by atoms with Gasteiger partial charge >= 0.3 is 6.09 Å². The summed E-state index contributed by atoms with van der Waals surface area (Å²) >= 11 is 0. The highest BCUT2D eigenvalue weighted by Gasteiger charge is 2.26. The second-order valence-electron chi connectivity index (χ2n) is 5.43. The third-order valence-corrected chi connectivity index (χ3v) is 3.66. The first-order valence-electron chi connectivity index (χ1n) is 8.97. The van der Waals surface area contributed by atoms with Crippen molar-refractivity contribution in [2.45, 2.75) is 59.3 Å². The predicted octanol–water partition coefficient (Wildman–Crippen LogP) is 3.42. The van der Waals surface area contributed by atoms with E-state index in [9.17, 15) is 4.79 Å². The summed E-state index contributed by atoms with van der Waals surface area (Å²) in [6, 6.07) is 0. The minimum Gasteiger partial charge on any atom is -0.450 e. The molecule has 0 bridgehead atoms. The fourth-order valence-corrected chi connectivity index (χ4v) is 2.48. The monoisotopic (exact) mass is 316 g/mol. The van der Waals surface area contributed by atoms with Crippen LogP contribution in [0.15, 0.2) is 0 Å². The van der Waals surface area contributed by atoms with E-state index in [2.05, 4.69) is 0 Å². The lowest BCUT2D eigenvalue weighted by Crippen LogP contribution is -2.29. The second kappa shape index (κ2) is 15.1. The first-order valence-corrected chi connectivity index (χ1v) is 8.97. The van der Waals surface area contributed by atoms with Crippen LogP contribution in [0.3, 0.4) is 0 Å². The van der Waals surface area contributed by atoms with E-state index in [4.69, 9.17) is 15.2 Å². The maximum atomic E-state index is 11.5. The summed E-state index contributed by atoms with van der Waals surface area (Å²) < 4.78 is 10.7. The molecular formula is C17H36N2O3. The van der Waals surface area contributed by atoms with Gasteiger partial charge in [0.05, 0.1) is 13.2 Å². The zero-order valence-electron chi connectivity index (χ0n) is 14.8. The molecule has 0 aromatic heterocycles. The number of likely N-dealkylation sites (tertiary alicyclic amines) is 1. The molecule has 0 radical (unpaired) electrons. The number of nitrogens with two attached hydrogens (primary N) is 1. The minimum atomic E-state index is -0.185. The average Bonchev–Trinajstić information content (AvgIpc) is 3.01. The number of carbonyl (C=O) groups is 1. The number of amides is 1. The van der Waals surface area contributed by atoms with E-state index in [1.807, 2.05) is 20.8 Å². The molecule has 22 heavy (non-hydrogen) atoms. The lowest BCUT2D eigenvalue weighted by molar-refractivity contribution is 0.0912. The first-order chi connectivity index (χ1) is 10.8. The summed E-state index contributed by atoms with van der Waals surface area (Å²) in [5.41, 5.74) is 5.45. The van der Waals surface area contributed by atoms with E-state index in [-0.39, 0.29) is 6.09 Å². The Morgan fingerprint density at radius 3 is 2.55 bits per heavy atom. The molecule has 1 rings (SSSR count). The van der Waals surface area contributed by atoms with Gasteiger partial charge in [-0.15, -0.1) is 0 Å². The van der Waals surface area contributed by atoms with Gasteiger partial charge in [-0.3, -0.25) is 0 Å². The molecule has 0 aromatic carbocycles. The van der Waals surface area contributed by atoms with Crippen molar-refractivity contribution in [3.63, 3.8) is 0 Å². The number of hydrogen-bond donors (Lipinski definition) is 1. The van der Waals surface area contributed by atoms with E-state index in [1.54, 1.807) is 4.90 Å². The molecule has 1 atom stereocenters. The van der Waals surface area contributed by atoms with E-state index in [0.29, 0.717) is 12.5 Å². The molecule has 0 saturated carbocycles. The Morgan fingerprint density at radius 1 is 1.18 bits per heavy atom. The minimum absolute atomic E-state index is 0.185. The number of hydrogen-bond acceptors (Lipinski definition) is 4. The van der Waals surface area contributed by atoms with Crippen LogP contribution in [0.25, 0.3) is 0 Å². The van der Waals surface area contributed by atoms with Gasteiger partial charge in [-0.1, -0.05) is 33.1 Å². The molecule has 1 amide bonds. The normalized spacial score (nSPS) is 17.1. The molecule has 1 saturated heterocycles. The molecule has 0 spiro atoms. The van der Waals surface area contributed by atoms with Gasteiger partial charge < -0.3 is 20.1 Å². The smallest absolute Gasteiger partial charge is 0.409 e. The molecule has 1 unspecified atom stereocenters. The van der Waals surface area contributed by atoms with Gasteiger partial charge in [-0.25, -0.2) is 4.79 Å². The van der Waals surface area contributed by atoms with Gasteiger partial charge in [0, 0.05) is 25.6 Å². The van der Waals surface area contributed by atoms with Crippen molar-refractivity contribution in [1.29, 1.82) is 0 Å². The van der Waals surface area contributed by atoms with Crippen molar-refractivity contribution in [2.75, 3.05) is 39.5 Å². The Balaban J connectivity index is 0.00000211.